The Morgan fingerprint density at radius 1 is 1.12 bits per heavy atom. The van der Waals surface area contributed by atoms with Gasteiger partial charge in [0.15, 0.2) is 0 Å². The third-order valence-electron chi connectivity index (χ3n) is 3.66. The minimum Gasteiger partial charge on any atom is -0.497 e. The number of aromatic nitrogens is 2. The van der Waals surface area contributed by atoms with Crippen LogP contribution in [0.4, 0.5) is 0 Å². The quantitative estimate of drug-likeness (QED) is 0.652. The summed E-state index contributed by atoms with van der Waals surface area (Å²) in [5, 5.41) is 3.93. The summed E-state index contributed by atoms with van der Waals surface area (Å²) in [6.07, 6.45) is 0.311. The standard InChI is InChI=1S/C18H19N3O4S/c1-24-16-9-5-8-15(12-16)18-20-17(25-21-18)10-11-19-26(22,23)13-14-6-3-2-4-7-14/h2-9,12,19H,10-11,13H2,1H3. The summed E-state index contributed by atoms with van der Waals surface area (Å²) in [5.41, 5.74) is 1.50. The minimum atomic E-state index is -3.42. The second kappa shape index (κ2) is 8.11. The predicted molar refractivity (Wildman–Crippen MR) is 97.1 cm³/mol. The lowest BCUT2D eigenvalue weighted by Gasteiger charge is -2.05. The van der Waals surface area contributed by atoms with Crippen molar-refractivity contribution in [3.63, 3.8) is 0 Å². The molecule has 0 amide bonds. The van der Waals surface area contributed by atoms with Crippen molar-refractivity contribution in [2.24, 2.45) is 0 Å². The summed E-state index contributed by atoms with van der Waals surface area (Å²) in [7, 11) is -1.83. The maximum absolute atomic E-state index is 12.1. The summed E-state index contributed by atoms with van der Waals surface area (Å²) in [6.45, 7) is 0.189. The Hall–Kier alpha value is -2.71. The zero-order valence-electron chi connectivity index (χ0n) is 14.3. The van der Waals surface area contributed by atoms with E-state index < -0.39 is 10.0 Å². The SMILES string of the molecule is COc1cccc(-c2noc(CCNS(=O)(=O)Cc3ccccc3)n2)c1. The van der Waals surface area contributed by atoms with Gasteiger partial charge in [-0.25, -0.2) is 13.1 Å². The molecule has 0 saturated carbocycles. The number of sulfonamides is 1. The molecule has 1 N–H and O–H groups in total. The van der Waals surface area contributed by atoms with Crippen LogP contribution >= 0.6 is 0 Å². The molecule has 0 fully saturated rings. The Morgan fingerprint density at radius 2 is 1.92 bits per heavy atom. The second-order valence-electron chi connectivity index (χ2n) is 5.63. The summed E-state index contributed by atoms with van der Waals surface area (Å²) < 4.78 is 37.1. The van der Waals surface area contributed by atoms with E-state index >= 15 is 0 Å². The highest BCUT2D eigenvalue weighted by atomic mass is 32.2. The molecule has 0 saturated heterocycles. The molecule has 0 unspecified atom stereocenters. The summed E-state index contributed by atoms with van der Waals surface area (Å²) in [5.74, 6) is 1.44. The van der Waals surface area contributed by atoms with Crippen LogP contribution in [0.5, 0.6) is 5.75 Å². The Morgan fingerprint density at radius 3 is 2.69 bits per heavy atom. The molecule has 0 aliphatic heterocycles. The Kier molecular flexibility index (Phi) is 5.65. The van der Waals surface area contributed by atoms with Crippen molar-refractivity contribution in [2.45, 2.75) is 12.2 Å². The van der Waals surface area contributed by atoms with Crippen molar-refractivity contribution < 1.29 is 17.7 Å². The number of hydrogen-bond donors (Lipinski definition) is 1. The van der Waals surface area contributed by atoms with E-state index in [1.807, 2.05) is 36.4 Å². The van der Waals surface area contributed by atoms with Crippen molar-refractivity contribution in [1.82, 2.24) is 14.9 Å². The normalized spacial score (nSPS) is 11.4. The first-order valence-corrected chi connectivity index (χ1v) is 9.69. The average Bonchev–Trinajstić information content (AvgIpc) is 3.11. The third kappa shape index (κ3) is 4.90. The summed E-state index contributed by atoms with van der Waals surface area (Å²) in [4.78, 5) is 4.29. The number of ether oxygens (including phenoxy) is 1. The maximum Gasteiger partial charge on any atom is 0.228 e. The molecule has 0 aliphatic rings. The summed E-state index contributed by atoms with van der Waals surface area (Å²) >= 11 is 0. The van der Waals surface area contributed by atoms with Gasteiger partial charge < -0.3 is 9.26 Å². The minimum absolute atomic E-state index is 0.0628. The van der Waals surface area contributed by atoms with Gasteiger partial charge in [0.2, 0.25) is 21.7 Å². The van der Waals surface area contributed by atoms with Crippen LogP contribution < -0.4 is 9.46 Å². The van der Waals surface area contributed by atoms with Gasteiger partial charge in [0.05, 0.1) is 12.9 Å². The molecule has 3 aromatic rings. The lowest BCUT2D eigenvalue weighted by Crippen LogP contribution is -2.27. The van der Waals surface area contributed by atoms with E-state index in [4.69, 9.17) is 9.26 Å². The monoisotopic (exact) mass is 373 g/mol. The number of hydrogen-bond acceptors (Lipinski definition) is 6. The molecular formula is C18H19N3O4S. The smallest absolute Gasteiger partial charge is 0.228 e. The zero-order valence-corrected chi connectivity index (χ0v) is 15.1. The van der Waals surface area contributed by atoms with Gasteiger partial charge in [-0.3, -0.25) is 0 Å². The first-order valence-electron chi connectivity index (χ1n) is 8.04. The van der Waals surface area contributed by atoms with Gasteiger partial charge in [-0.2, -0.15) is 4.98 Å². The molecule has 2 aromatic carbocycles. The first-order chi connectivity index (χ1) is 12.6. The number of methoxy groups -OCH3 is 1. The molecule has 0 radical (unpaired) electrons. The largest absolute Gasteiger partial charge is 0.497 e. The van der Waals surface area contributed by atoms with E-state index in [0.29, 0.717) is 23.9 Å². The Labute approximate surface area is 152 Å². The van der Waals surface area contributed by atoms with Crippen LogP contribution in [0, 0.1) is 0 Å². The van der Waals surface area contributed by atoms with Crippen LogP contribution in [0.1, 0.15) is 11.5 Å². The van der Waals surface area contributed by atoms with Crippen molar-refractivity contribution in [1.29, 1.82) is 0 Å². The van der Waals surface area contributed by atoms with Gasteiger partial charge in [0.1, 0.15) is 5.75 Å². The number of rotatable bonds is 8. The van der Waals surface area contributed by atoms with Gasteiger partial charge in [0.25, 0.3) is 0 Å². The third-order valence-corrected chi connectivity index (χ3v) is 5.01. The fraction of sp³-hybridized carbons (Fsp3) is 0.222. The molecule has 1 heterocycles. The number of nitrogens with zero attached hydrogens (tertiary/aromatic N) is 2. The predicted octanol–water partition coefficient (Wildman–Crippen LogP) is 2.41. The topological polar surface area (TPSA) is 94.3 Å². The molecular weight excluding hydrogens is 354 g/mol. The van der Waals surface area contributed by atoms with E-state index in [1.54, 1.807) is 25.3 Å². The summed E-state index contributed by atoms with van der Waals surface area (Å²) in [6, 6.07) is 16.3. The Balaban J connectivity index is 1.56. The fourth-order valence-electron chi connectivity index (χ4n) is 2.39. The highest BCUT2D eigenvalue weighted by Crippen LogP contribution is 2.21. The molecule has 3 rings (SSSR count). The van der Waals surface area contributed by atoms with E-state index in [-0.39, 0.29) is 12.3 Å². The van der Waals surface area contributed by atoms with Gasteiger partial charge in [-0.15, -0.1) is 0 Å². The molecule has 1 aromatic heterocycles. The van der Waals surface area contributed by atoms with Crippen molar-refractivity contribution in [2.75, 3.05) is 13.7 Å². The van der Waals surface area contributed by atoms with Gasteiger partial charge in [-0.1, -0.05) is 47.6 Å². The maximum atomic E-state index is 12.1. The van der Waals surface area contributed by atoms with Gasteiger partial charge >= 0.3 is 0 Å². The number of benzene rings is 2. The number of nitrogens with one attached hydrogen (secondary N) is 1. The highest BCUT2D eigenvalue weighted by Gasteiger charge is 2.13. The first kappa shape index (κ1) is 18.1. The Bertz CT molecular complexity index is 955. The van der Waals surface area contributed by atoms with Crippen molar-refractivity contribution in [3.05, 3.63) is 66.1 Å². The van der Waals surface area contributed by atoms with E-state index in [2.05, 4.69) is 14.9 Å². The van der Waals surface area contributed by atoms with Crippen LogP contribution in [0.2, 0.25) is 0 Å². The molecule has 7 nitrogen and oxygen atoms in total. The van der Waals surface area contributed by atoms with Crippen molar-refractivity contribution >= 4 is 10.0 Å². The van der Waals surface area contributed by atoms with Crippen LogP contribution in [0.15, 0.2) is 59.1 Å². The molecule has 26 heavy (non-hydrogen) atoms. The van der Waals surface area contributed by atoms with Crippen LogP contribution in [-0.2, 0) is 22.2 Å². The zero-order chi connectivity index (χ0) is 18.4. The van der Waals surface area contributed by atoms with Crippen LogP contribution in [-0.4, -0.2) is 32.2 Å². The molecule has 8 heteroatoms. The molecule has 0 atom stereocenters. The molecule has 136 valence electrons. The lowest BCUT2D eigenvalue weighted by atomic mass is 10.2. The van der Waals surface area contributed by atoms with Gasteiger partial charge in [0, 0.05) is 18.5 Å². The average molecular weight is 373 g/mol. The molecule has 0 bridgehead atoms. The lowest BCUT2D eigenvalue weighted by molar-refractivity contribution is 0.379. The molecule has 0 spiro atoms. The van der Waals surface area contributed by atoms with E-state index in [9.17, 15) is 8.42 Å². The highest BCUT2D eigenvalue weighted by molar-refractivity contribution is 7.88. The van der Waals surface area contributed by atoms with Crippen molar-refractivity contribution in [3.8, 4) is 17.1 Å². The van der Waals surface area contributed by atoms with Crippen LogP contribution in [0.3, 0.4) is 0 Å². The van der Waals surface area contributed by atoms with Crippen LogP contribution in [0.25, 0.3) is 11.4 Å². The second-order valence-corrected chi connectivity index (χ2v) is 7.44. The van der Waals surface area contributed by atoms with E-state index in [1.165, 1.54) is 0 Å². The van der Waals surface area contributed by atoms with E-state index in [0.717, 1.165) is 11.1 Å². The molecule has 0 aliphatic carbocycles. The fourth-order valence-corrected chi connectivity index (χ4v) is 3.54. The van der Waals surface area contributed by atoms with Gasteiger partial charge in [-0.05, 0) is 17.7 Å².